The Hall–Kier alpha value is -4.00. The second-order valence-electron chi connectivity index (χ2n) is 7.27. The average Bonchev–Trinajstić information content (AvgIpc) is 2.77. The van der Waals surface area contributed by atoms with Crippen molar-refractivity contribution >= 4 is 22.6 Å². The number of nitrogens with zero attached hydrogens (tertiary/aromatic N) is 2. The zero-order valence-electron chi connectivity index (χ0n) is 17.0. The number of aromatic carboxylic acids is 1. The topological polar surface area (TPSA) is 84.2 Å². The van der Waals surface area contributed by atoms with Crippen molar-refractivity contribution in [3.63, 3.8) is 0 Å². The molecule has 0 aliphatic carbocycles. The van der Waals surface area contributed by atoms with Crippen molar-refractivity contribution < 1.29 is 14.3 Å². The summed E-state index contributed by atoms with van der Waals surface area (Å²) in [7, 11) is 1.60. The van der Waals surface area contributed by atoms with Crippen molar-refractivity contribution in [2.45, 2.75) is 13.0 Å². The van der Waals surface area contributed by atoms with Crippen molar-refractivity contribution in [3.8, 4) is 11.4 Å². The van der Waals surface area contributed by atoms with Gasteiger partial charge >= 0.3 is 5.97 Å². The largest absolute Gasteiger partial charge is 0.478 e. The number of carboxylic acids is 1. The van der Waals surface area contributed by atoms with Crippen LogP contribution in [-0.4, -0.2) is 20.6 Å². The standard InChI is InChI=1S/C24H20FN3O3/c1-14(26-20-11-7-6-10-17(20)24(30)31)18-12-16(25)13-19-21(18)27-22(28(2)23(19)29)15-8-4-3-5-9-15/h3-14,26H,1-2H3,(H,30,31)/t14-/m1/s1. The summed E-state index contributed by atoms with van der Waals surface area (Å²) in [6.07, 6.45) is 0. The monoisotopic (exact) mass is 417 g/mol. The Balaban J connectivity index is 1.89. The van der Waals surface area contributed by atoms with Gasteiger partial charge in [0.25, 0.3) is 5.56 Å². The fourth-order valence-corrected chi connectivity index (χ4v) is 3.65. The SMILES string of the molecule is C[C@@H](Nc1ccccc1C(=O)O)c1cc(F)cc2c(=O)n(C)c(-c3ccccc3)nc12. The molecular weight excluding hydrogens is 397 g/mol. The number of aromatic nitrogens is 2. The van der Waals surface area contributed by atoms with Crippen molar-refractivity contribution in [2.24, 2.45) is 7.05 Å². The number of benzene rings is 3. The number of fused-ring (bicyclic) bond motifs is 1. The number of para-hydroxylation sites is 1. The van der Waals surface area contributed by atoms with Gasteiger partial charge in [0.05, 0.1) is 22.5 Å². The molecule has 3 aromatic carbocycles. The first-order valence-corrected chi connectivity index (χ1v) is 9.71. The van der Waals surface area contributed by atoms with E-state index >= 15 is 0 Å². The molecule has 4 rings (SSSR count). The van der Waals surface area contributed by atoms with Gasteiger partial charge in [0, 0.05) is 23.9 Å². The summed E-state index contributed by atoms with van der Waals surface area (Å²) in [5.74, 6) is -1.17. The quantitative estimate of drug-likeness (QED) is 0.495. The first-order valence-electron chi connectivity index (χ1n) is 9.71. The van der Waals surface area contributed by atoms with E-state index < -0.39 is 17.8 Å². The Morgan fingerprint density at radius 2 is 1.77 bits per heavy atom. The van der Waals surface area contributed by atoms with Crippen LogP contribution in [0.2, 0.25) is 0 Å². The van der Waals surface area contributed by atoms with Gasteiger partial charge in [0.1, 0.15) is 11.6 Å². The Labute approximate surface area is 177 Å². The number of hydrogen-bond donors (Lipinski definition) is 2. The molecule has 7 heteroatoms. The van der Waals surface area contributed by atoms with Crippen LogP contribution in [-0.2, 0) is 7.05 Å². The van der Waals surface area contributed by atoms with E-state index in [9.17, 15) is 19.1 Å². The maximum atomic E-state index is 14.4. The van der Waals surface area contributed by atoms with Crippen LogP contribution in [0.3, 0.4) is 0 Å². The molecule has 156 valence electrons. The number of halogens is 1. The van der Waals surface area contributed by atoms with Crippen molar-refractivity contribution in [2.75, 3.05) is 5.32 Å². The summed E-state index contributed by atoms with van der Waals surface area (Å²) >= 11 is 0. The Kier molecular flexibility index (Phi) is 5.25. The Morgan fingerprint density at radius 1 is 1.10 bits per heavy atom. The molecule has 1 atom stereocenters. The summed E-state index contributed by atoms with van der Waals surface area (Å²) in [5.41, 5.74) is 1.73. The van der Waals surface area contributed by atoms with Crippen molar-refractivity contribution in [3.05, 3.63) is 94.0 Å². The average molecular weight is 417 g/mol. The highest BCUT2D eigenvalue weighted by Gasteiger charge is 2.19. The van der Waals surface area contributed by atoms with Gasteiger partial charge < -0.3 is 10.4 Å². The van der Waals surface area contributed by atoms with E-state index in [0.29, 0.717) is 22.6 Å². The summed E-state index contributed by atoms with van der Waals surface area (Å²) in [4.78, 5) is 29.2. The molecule has 0 amide bonds. The highest BCUT2D eigenvalue weighted by molar-refractivity contribution is 5.94. The summed E-state index contributed by atoms with van der Waals surface area (Å²) in [6.45, 7) is 1.77. The normalized spacial score (nSPS) is 12.0. The fraction of sp³-hybridized carbons (Fsp3) is 0.125. The zero-order valence-corrected chi connectivity index (χ0v) is 17.0. The van der Waals surface area contributed by atoms with E-state index in [1.54, 1.807) is 32.2 Å². The lowest BCUT2D eigenvalue weighted by atomic mass is 10.0. The summed E-state index contributed by atoms with van der Waals surface area (Å²) in [6, 6.07) is 17.7. The predicted octanol–water partition coefficient (Wildman–Crippen LogP) is 4.61. The van der Waals surface area contributed by atoms with Crippen LogP contribution < -0.4 is 10.9 Å². The maximum Gasteiger partial charge on any atom is 0.337 e. The van der Waals surface area contributed by atoms with Crippen LogP contribution in [0.4, 0.5) is 10.1 Å². The molecule has 31 heavy (non-hydrogen) atoms. The highest BCUT2D eigenvalue weighted by atomic mass is 19.1. The van der Waals surface area contributed by atoms with Crippen LogP contribution >= 0.6 is 0 Å². The highest BCUT2D eigenvalue weighted by Crippen LogP contribution is 2.29. The van der Waals surface area contributed by atoms with Crippen LogP contribution in [0.25, 0.3) is 22.3 Å². The minimum atomic E-state index is -1.07. The van der Waals surface area contributed by atoms with Crippen molar-refractivity contribution in [1.29, 1.82) is 0 Å². The van der Waals surface area contributed by atoms with Gasteiger partial charge in [-0.05, 0) is 31.2 Å². The number of carbonyl (C=O) groups is 1. The van der Waals surface area contributed by atoms with Gasteiger partial charge in [0.2, 0.25) is 0 Å². The van der Waals surface area contributed by atoms with E-state index in [1.165, 1.54) is 22.8 Å². The molecule has 0 radical (unpaired) electrons. The second kappa shape index (κ2) is 8.02. The molecule has 0 unspecified atom stereocenters. The summed E-state index contributed by atoms with van der Waals surface area (Å²) < 4.78 is 15.8. The predicted molar refractivity (Wildman–Crippen MR) is 118 cm³/mol. The molecule has 0 saturated heterocycles. The molecule has 0 fully saturated rings. The van der Waals surface area contributed by atoms with Crippen molar-refractivity contribution in [1.82, 2.24) is 9.55 Å². The van der Waals surface area contributed by atoms with E-state index in [1.807, 2.05) is 30.3 Å². The molecule has 0 spiro atoms. The van der Waals surface area contributed by atoms with Gasteiger partial charge in [-0.1, -0.05) is 42.5 Å². The third-order valence-electron chi connectivity index (χ3n) is 5.20. The molecule has 1 heterocycles. The third kappa shape index (κ3) is 3.77. The lowest BCUT2D eigenvalue weighted by molar-refractivity contribution is 0.0698. The Morgan fingerprint density at radius 3 is 2.48 bits per heavy atom. The van der Waals surface area contributed by atoms with E-state index in [4.69, 9.17) is 4.98 Å². The lowest BCUT2D eigenvalue weighted by Gasteiger charge is -2.20. The molecule has 2 N–H and O–H groups in total. The zero-order chi connectivity index (χ0) is 22.1. The van der Waals surface area contributed by atoms with Gasteiger partial charge in [-0.2, -0.15) is 0 Å². The van der Waals surface area contributed by atoms with E-state index in [2.05, 4.69) is 5.32 Å². The first kappa shape index (κ1) is 20.3. The lowest BCUT2D eigenvalue weighted by Crippen LogP contribution is -2.22. The van der Waals surface area contributed by atoms with E-state index in [-0.39, 0.29) is 16.5 Å². The number of hydrogen-bond acceptors (Lipinski definition) is 4. The molecule has 6 nitrogen and oxygen atoms in total. The summed E-state index contributed by atoms with van der Waals surface area (Å²) in [5, 5.41) is 12.7. The van der Waals surface area contributed by atoms with Gasteiger partial charge in [-0.3, -0.25) is 9.36 Å². The van der Waals surface area contributed by atoms with Gasteiger partial charge in [0.15, 0.2) is 0 Å². The Bertz CT molecular complexity index is 1350. The van der Waals surface area contributed by atoms with Gasteiger partial charge in [-0.25, -0.2) is 14.2 Å². The smallest absolute Gasteiger partial charge is 0.337 e. The molecule has 0 aliphatic rings. The number of anilines is 1. The van der Waals surface area contributed by atoms with Crippen LogP contribution in [0.15, 0.2) is 71.5 Å². The van der Waals surface area contributed by atoms with Crippen LogP contribution in [0.5, 0.6) is 0 Å². The molecule has 4 aromatic rings. The maximum absolute atomic E-state index is 14.4. The molecular formula is C24H20FN3O3. The fourth-order valence-electron chi connectivity index (χ4n) is 3.65. The number of nitrogens with one attached hydrogen (secondary N) is 1. The number of carboxylic acid groups (broad SMARTS) is 1. The third-order valence-corrected chi connectivity index (χ3v) is 5.20. The van der Waals surface area contributed by atoms with Crippen LogP contribution in [0.1, 0.15) is 28.9 Å². The molecule has 0 saturated carbocycles. The minimum Gasteiger partial charge on any atom is -0.478 e. The second-order valence-corrected chi connectivity index (χ2v) is 7.27. The van der Waals surface area contributed by atoms with Gasteiger partial charge in [-0.15, -0.1) is 0 Å². The number of rotatable bonds is 5. The molecule has 0 bridgehead atoms. The minimum absolute atomic E-state index is 0.101. The molecule has 1 aromatic heterocycles. The first-order chi connectivity index (χ1) is 14.9. The van der Waals surface area contributed by atoms with E-state index in [0.717, 1.165) is 5.56 Å². The van der Waals surface area contributed by atoms with Crippen LogP contribution in [0, 0.1) is 5.82 Å². The molecule has 0 aliphatic heterocycles.